The van der Waals surface area contributed by atoms with Crippen molar-refractivity contribution in [3.63, 3.8) is 0 Å². The quantitative estimate of drug-likeness (QED) is 0.165. The zero-order valence-corrected chi connectivity index (χ0v) is 37.0. The monoisotopic (exact) mass is 867 g/mol. The van der Waals surface area contributed by atoms with Gasteiger partial charge < -0.3 is 18.6 Å². The molecule has 0 N–H and O–H groups in total. The Kier molecular flexibility index (Phi) is 5.37. The molecule has 0 aliphatic heterocycles. The molecule has 0 amide bonds. The van der Waals surface area contributed by atoms with Crippen LogP contribution in [-0.4, -0.2) is 8.80 Å². The van der Waals surface area contributed by atoms with Gasteiger partial charge in [-0.05, 0) is 94.7 Å². The third-order valence-corrected chi connectivity index (χ3v) is 12.8. The van der Waals surface area contributed by atoms with Crippen LogP contribution >= 0.6 is 0 Å². The Bertz CT molecular complexity index is 4520. The summed E-state index contributed by atoms with van der Waals surface area (Å²) >= 11 is 0. The molecule has 0 fully saturated rings. The highest BCUT2D eigenvalue weighted by molar-refractivity contribution is 6.32. The fraction of sp³-hybridized carbons (Fsp3) is 0.129. The van der Waals surface area contributed by atoms with Gasteiger partial charge in [0.15, 0.2) is 0 Å². The van der Waals surface area contributed by atoms with Gasteiger partial charge >= 0.3 is 0 Å². The summed E-state index contributed by atoms with van der Waals surface area (Å²) < 4.78 is 157. The minimum absolute atomic E-state index is 0.0482. The first kappa shape index (κ1) is 25.6. The van der Waals surface area contributed by atoms with Gasteiger partial charge in [-0.3, -0.25) is 0 Å². The topological polar surface area (TPSA) is 15.3 Å². The highest BCUT2D eigenvalue weighted by atomic mass is 15.2. The molecule has 13 aromatic rings. The molecule has 0 radical (unpaired) electrons. The standard InChI is InChI=1S/C62H50N4/c1-61(2,3)49-31-19-29-45-55-51(63(39-21-11-7-12-22-39)40-23-13-8-14-24-40)35-33-43-47-38-54-48(37-53(47)65(57(45)49)59(43)55)44-34-36-52(64(41-25-15-9-16-26-41)42-27-17-10-18-28-42)56-46-30-20-32-50(62(4,5)6)58(46)66(54)60(44)56/h7-38H,1-6H3/i7D,8D,9D,10D,19D,20D,29D,30D,31D,32D,33D,34D,35D,36D,37D,38D. The Balaban J connectivity index is 1.33. The lowest BCUT2D eigenvalue weighted by atomic mass is 9.85. The summed E-state index contributed by atoms with van der Waals surface area (Å²) in [4.78, 5) is 3.41. The number of fused-ring (bicyclic) bond motifs is 12. The molecule has 4 aromatic heterocycles. The molecule has 66 heavy (non-hydrogen) atoms. The van der Waals surface area contributed by atoms with Gasteiger partial charge in [-0.15, -0.1) is 0 Å². The third kappa shape index (κ3) is 5.39. The van der Waals surface area contributed by atoms with Crippen molar-refractivity contribution in [2.24, 2.45) is 0 Å². The largest absolute Gasteiger partial charge is 0.310 e. The van der Waals surface area contributed by atoms with Crippen LogP contribution in [0.3, 0.4) is 0 Å². The predicted molar refractivity (Wildman–Crippen MR) is 283 cm³/mol. The first-order chi connectivity index (χ1) is 38.7. The minimum Gasteiger partial charge on any atom is -0.310 e. The molecular weight excluding hydrogens is 801 g/mol. The Hall–Kier alpha value is -7.82. The van der Waals surface area contributed by atoms with E-state index in [-0.39, 0.29) is 184 Å². The number of anilines is 6. The van der Waals surface area contributed by atoms with Gasteiger partial charge in [-0.2, -0.15) is 0 Å². The van der Waals surface area contributed by atoms with Crippen molar-refractivity contribution in [3.8, 4) is 0 Å². The molecule has 0 aliphatic carbocycles. The number of para-hydroxylation sites is 6. The van der Waals surface area contributed by atoms with E-state index in [4.69, 9.17) is 5.48 Å². The first-order valence-corrected chi connectivity index (χ1v) is 22.0. The normalized spacial score (nSPS) is 16.1. The molecule has 0 saturated heterocycles. The fourth-order valence-corrected chi connectivity index (χ4v) is 10.0. The van der Waals surface area contributed by atoms with Crippen molar-refractivity contribution in [3.05, 3.63) is 205 Å². The van der Waals surface area contributed by atoms with Crippen LogP contribution in [0.5, 0.6) is 0 Å². The number of nitrogens with zero attached hydrogens (tertiary/aromatic N) is 4. The average Bonchev–Trinajstić information content (AvgIpc) is 1.86. The van der Waals surface area contributed by atoms with Gasteiger partial charge in [0, 0.05) is 65.8 Å². The lowest BCUT2D eigenvalue weighted by Gasteiger charge is -2.26. The van der Waals surface area contributed by atoms with Crippen LogP contribution in [0.1, 0.15) is 74.6 Å². The summed E-state index contributed by atoms with van der Waals surface area (Å²) in [6.07, 6.45) is 0. The highest BCUT2D eigenvalue weighted by Crippen LogP contribution is 2.52. The molecule has 0 saturated carbocycles. The van der Waals surface area contributed by atoms with Gasteiger partial charge in [0.05, 0.1) is 66.4 Å². The average molecular weight is 867 g/mol. The summed E-state index contributed by atoms with van der Waals surface area (Å²) in [7, 11) is 0. The van der Waals surface area contributed by atoms with E-state index in [9.17, 15) is 16.4 Å². The summed E-state index contributed by atoms with van der Waals surface area (Å²) in [5, 5.41) is 0.962. The van der Waals surface area contributed by atoms with Crippen LogP contribution in [-0.2, 0) is 10.8 Å². The molecule has 4 heterocycles. The van der Waals surface area contributed by atoms with Crippen molar-refractivity contribution in [1.29, 1.82) is 0 Å². The third-order valence-electron chi connectivity index (χ3n) is 12.8. The Morgan fingerprint density at radius 3 is 1.02 bits per heavy atom. The predicted octanol–water partition coefficient (Wildman–Crippen LogP) is 17.5. The molecule has 0 aliphatic rings. The number of hydrogen-bond donors (Lipinski definition) is 0. The van der Waals surface area contributed by atoms with Crippen molar-refractivity contribution in [2.75, 3.05) is 9.80 Å². The molecule has 0 bridgehead atoms. The molecule has 4 nitrogen and oxygen atoms in total. The molecule has 9 aromatic carbocycles. The maximum absolute atomic E-state index is 10.8. The lowest BCUT2D eigenvalue weighted by molar-refractivity contribution is 0.594. The fourth-order valence-electron chi connectivity index (χ4n) is 10.0. The summed E-state index contributed by atoms with van der Waals surface area (Å²) in [6, 6.07) is 23.0. The maximum atomic E-state index is 10.8. The van der Waals surface area contributed by atoms with E-state index in [1.54, 1.807) is 116 Å². The Morgan fingerprint density at radius 2 is 0.697 bits per heavy atom. The first-order valence-electron chi connectivity index (χ1n) is 30.0. The number of benzene rings is 9. The minimum atomic E-state index is -0.927. The Morgan fingerprint density at radius 1 is 0.364 bits per heavy atom. The van der Waals surface area contributed by atoms with Crippen molar-refractivity contribution < 1.29 is 21.9 Å². The molecule has 13 rings (SSSR count). The van der Waals surface area contributed by atoms with Crippen LogP contribution in [0.4, 0.5) is 34.1 Å². The van der Waals surface area contributed by atoms with Gasteiger partial charge in [0.2, 0.25) is 0 Å². The van der Waals surface area contributed by atoms with E-state index in [0.29, 0.717) is 33.9 Å². The molecular formula is C62H50N4. The van der Waals surface area contributed by atoms with Gasteiger partial charge in [0.1, 0.15) is 0 Å². The van der Waals surface area contributed by atoms with Gasteiger partial charge in [0.25, 0.3) is 0 Å². The highest BCUT2D eigenvalue weighted by Gasteiger charge is 2.31. The van der Waals surface area contributed by atoms with Gasteiger partial charge in [-0.1, -0.05) is 163 Å². The van der Waals surface area contributed by atoms with Crippen molar-refractivity contribution in [2.45, 2.75) is 52.4 Å². The van der Waals surface area contributed by atoms with E-state index in [1.807, 2.05) is 41.5 Å². The van der Waals surface area contributed by atoms with E-state index in [2.05, 4.69) is 0 Å². The van der Waals surface area contributed by atoms with Crippen LogP contribution in [0, 0.1) is 0 Å². The SMILES string of the molecule is [2H]c1ccc(N(c2ccc([2H])cc2)c2c([2H])c([2H])c3c4c([2H])c5c(c([2H])c4n4c6c(C(C)(C)C)c([2H])c([2H])c([2H])c6c2c34)c2c([2H])c([2H])c(N(c3ccc([2H])cc3)c3ccc([2H])cc3)c3c4c([2H])c([2H])c([2H])c(C(C)(C)C)c4n5c23)cc1. The Labute approximate surface area is 407 Å². The molecule has 318 valence electrons. The van der Waals surface area contributed by atoms with E-state index >= 15 is 0 Å². The van der Waals surface area contributed by atoms with E-state index in [0.717, 1.165) is 0 Å². The zero-order chi connectivity index (χ0) is 58.6. The number of hydrogen-bond acceptors (Lipinski definition) is 2. The molecule has 4 heteroatoms. The summed E-state index contributed by atoms with van der Waals surface area (Å²) in [6.45, 7) is 11.2. The second-order valence-corrected chi connectivity index (χ2v) is 18.9. The molecule has 0 spiro atoms. The summed E-state index contributed by atoms with van der Waals surface area (Å²) in [5.74, 6) is 0. The van der Waals surface area contributed by atoms with Crippen LogP contribution in [0.2, 0.25) is 0 Å². The number of rotatable bonds is 6. The van der Waals surface area contributed by atoms with Crippen LogP contribution in [0.15, 0.2) is 194 Å². The zero-order valence-electron chi connectivity index (χ0n) is 53.0. The molecule has 0 unspecified atom stereocenters. The van der Waals surface area contributed by atoms with Gasteiger partial charge in [-0.25, -0.2) is 0 Å². The van der Waals surface area contributed by atoms with Crippen LogP contribution in [0.25, 0.3) is 76.2 Å². The van der Waals surface area contributed by atoms with E-state index < -0.39 is 10.8 Å². The molecule has 0 atom stereocenters. The van der Waals surface area contributed by atoms with E-state index in [1.165, 1.54) is 0 Å². The smallest absolute Gasteiger partial charge is 0.0653 e. The van der Waals surface area contributed by atoms with Crippen LogP contribution < -0.4 is 9.80 Å². The lowest BCUT2D eigenvalue weighted by Crippen LogP contribution is -2.12. The second-order valence-electron chi connectivity index (χ2n) is 18.9. The second kappa shape index (κ2) is 13.8. The van der Waals surface area contributed by atoms with Crippen molar-refractivity contribution in [1.82, 2.24) is 8.80 Å². The maximum Gasteiger partial charge on any atom is 0.0653 e. The summed E-state index contributed by atoms with van der Waals surface area (Å²) in [5.41, 5.74) is 1.86. The van der Waals surface area contributed by atoms with Crippen molar-refractivity contribution >= 4 is 110 Å². The number of aromatic nitrogens is 2.